The predicted octanol–water partition coefficient (Wildman–Crippen LogP) is 1.18. The maximum absolute atomic E-state index is 11.4. The van der Waals surface area contributed by atoms with Crippen molar-refractivity contribution in [2.24, 2.45) is 0 Å². The molecule has 0 aliphatic heterocycles. The van der Waals surface area contributed by atoms with E-state index in [0.29, 0.717) is 0 Å². The van der Waals surface area contributed by atoms with Gasteiger partial charge in [0.1, 0.15) is 17.7 Å². The highest BCUT2D eigenvalue weighted by Gasteiger charge is 2.27. The second-order valence-corrected chi connectivity index (χ2v) is 5.05. The van der Waals surface area contributed by atoms with Gasteiger partial charge in [0.15, 0.2) is 0 Å². The fourth-order valence-electron chi connectivity index (χ4n) is 1.98. The van der Waals surface area contributed by atoms with Crippen LogP contribution in [0.2, 0.25) is 0 Å². The molecule has 0 aliphatic carbocycles. The summed E-state index contributed by atoms with van der Waals surface area (Å²) in [6.07, 6.45) is 0.842. The molecular formula is C15H16ClN3O6. The highest BCUT2D eigenvalue weighted by Crippen LogP contribution is 2.22. The van der Waals surface area contributed by atoms with Gasteiger partial charge in [0.05, 0.1) is 11.4 Å². The largest absolute Gasteiger partial charge is 0.481 e. The van der Waals surface area contributed by atoms with Crippen LogP contribution in [0.25, 0.3) is 6.08 Å². The molecule has 0 spiro atoms. The quantitative estimate of drug-likeness (QED) is 0.416. The number of aliphatic carboxylic acids is 2. The summed E-state index contributed by atoms with van der Waals surface area (Å²) >= 11 is 5.41. The van der Waals surface area contributed by atoms with E-state index in [9.17, 15) is 24.3 Å². The zero-order valence-electron chi connectivity index (χ0n) is 13.0. The Balaban J connectivity index is 3.18. The van der Waals surface area contributed by atoms with Gasteiger partial charge in [-0.3, -0.25) is 19.3 Å². The van der Waals surface area contributed by atoms with Crippen molar-refractivity contribution in [3.8, 4) is 0 Å². The first-order valence-corrected chi connectivity index (χ1v) is 7.55. The molecule has 0 saturated heterocycles. The Morgan fingerprint density at radius 3 is 2.52 bits per heavy atom. The highest BCUT2D eigenvalue weighted by molar-refractivity contribution is 6.29. The van der Waals surface area contributed by atoms with Crippen LogP contribution in [0.1, 0.15) is 18.5 Å². The monoisotopic (exact) mass is 369 g/mol. The molecule has 0 fully saturated rings. The number of halogens is 1. The summed E-state index contributed by atoms with van der Waals surface area (Å²) in [6.45, 7) is 3.54. The number of carboxylic acid groups (broad SMARTS) is 2. The summed E-state index contributed by atoms with van der Waals surface area (Å²) in [4.78, 5) is 49.7. The first kappa shape index (κ1) is 20.1. The zero-order chi connectivity index (χ0) is 19.0. The number of hydrogen-bond donors (Lipinski definition) is 3. The van der Waals surface area contributed by atoms with Gasteiger partial charge in [-0.05, 0) is 24.6 Å². The summed E-state index contributed by atoms with van der Waals surface area (Å²) in [5, 5.41) is 20.5. The molecular weight excluding hydrogens is 354 g/mol. The lowest BCUT2D eigenvalue weighted by molar-refractivity contribution is -0.140. The number of rotatable bonds is 10. The molecule has 0 bridgehead atoms. The van der Waals surface area contributed by atoms with E-state index in [1.165, 1.54) is 18.2 Å². The molecule has 1 rings (SSSR count). The standard InChI is InChI=1S/C15H16ClN3O6/c1-2-9-10(18-13(21)7-16)3-5-12(17-9)19(8-20)11(15(24)25)4-6-14(22)23/h2-3,5,8,11H,1,4,6-7H2,(H,18,21)(H,22,23)(H,24,25)/t11-/m0/s1. The number of pyridine rings is 1. The van der Waals surface area contributed by atoms with Gasteiger partial charge in [-0.1, -0.05) is 6.58 Å². The van der Waals surface area contributed by atoms with Crippen molar-refractivity contribution in [2.45, 2.75) is 18.9 Å². The third-order valence-corrected chi connectivity index (χ3v) is 3.37. The number of amides is 2. The predicted molar refractivity (Wildman–Crippen MR) is 90.5 cm³/mol. The van der Waals surface area contributed by atoms with E-state index in [1.54, 1.807) is 0 Å². The van der Waals surface area contributed by atoms with Crippen LogP contribution < -0.4 is 10.2 Å². The Hall–Kier alpha value is -2.94. The fourth-order valence-corrected chi connectivity index (χ4v) is 2.05. The molecule has 2 amide bonds. The van der Waals surface area contributed by atoms with Crippen LogP contribution in [0, 0.1) is 0 Å². The Labute approximate surface area is 147 Å². The van der Waals surface area contributed by atoms with Crippen LogP contribution in [0.15, 0.2) is 18.7 Å². The van der Waals surface area contributed by atoms with E-state index in [2.05, 4.69) is 16.9 Å². The smallest absolute Gasteiger partial charge is 0.326 e. The summed E-state index contributed by atoms with van der Waals surface area (Å²) in [5.41, 5.74) is 0.484. The van der Waals surface area contributed by atoms with E-state index in [4.69, 9.17) is 16.7 Å². The Morgan fingerprint density at radius 2 is 2.04 bits per heavy atom. The summed E-state index contributed by atoms with van der Waals surface area (Å²) < 4.78 is 0. The molecule has 0 radical (unpaired) electrons. The van der Waals surface area contributed by atoms with Crippen LogP contribution >= 0.6 is 11.6 Å². The molecule has 0 aromatic carbocycles. The molecule has 1 aromatic rings. The van der Waals surface area contributed by atoms with Gasteiger partial charge in [0.2, 0.25) is 12.3 Å². The van der Waals surface area contributed by atoms with Crippen LogP contribution in [-0.4, -0.2) is 51.4 Å². The van der Waals surface area contributed by atoms with Gasteiger partial charge in [-0.15, -0.1) is 11.6 Å². The number of carbonyl (C=O) groups excluding carboxylic acids is 2. The van der Waals surface area contributed by atoms with Crippen LogP contribution in [-0.2, 0) is 19.2 Å². The van der Waals surface area contributed by atoms with Gasteiger partial charge in [0, 0.05) is 6.42 Å². The minimum Gasteiger partial charge on any atom is -0.481 e. The topological polar surface area (TPSA) is 137 Å². The SMILES string of the molecule is C=Cc1nc(N(C=O)[C@@H](CCC(=O)O)C(=O)O)ccc1NC(=O)CCl. The average molecular weight is 370 g/mol. The number of hydrogen-bond acceptors (Lipinski definition) is 5. The molecule has 1 aromatic heterocycles. The van der Waals surface area contributed by atoms with E-state index in [1.807, 2.05) is 0 Å². The summed E-state index contributed by atoms with van der Waals surface area (Å²) in [7, 11) is 0. The summed E-state index contributed by atoms with van der Waals surface area (Å²) in [5.74, 6) is -3.32. The molecule has 1 atom stereocenters. The van der Waals surface area contributed by atoms with Gasteiger partial charge in [-0.25, -0.2) is 9.78 Å². The van der Waals surface area contributed by atoms with Crippen LogP contribution in [0.4, 0.5) is 11.5 Å². The molecule has 0 saturated carbocycles. The van der Waals surface area contributed by atoms with Crippen LogP contribution in [0.3, 0.4) is 0 Å². The minimum atomic E-state index is -1.40. The third kappa shape index (κ3) is 5.57. The van der Waals surface area contributed by atoms with Crippen molar-refractivity contribution in [1.29, 1.82) is 0 Å². The molecule has 3 N–H and O–H groups in total. The normalized spacial score (nSPS) is 11.2. The van der Waals surface area contributed by atoms with E-state index in [0.717, 1.165) is 4.90 Å². The van der Waals surface area contributed by atoms with Crippen molar-refractivity contribution in [3.63, 3.8) is 0 Å². The van der Waals surface area contributed by atoms with Crippen LogP contribution in [0.5, 0.6) is 0 Å². The van der Waals surface area contributed by atoms with Gasteiger partial charge < -0.3 is 15.5 Å². The molecule has 1 heterocycles. The summed E-state index contributed by atoms with van der Waals surface area (Å²) in [6, 6.07) is 1.33. The van der Waals surface area contributed by atoms with Crippen molar-refractivity contribution >= 4 is 53.4 Å². The number of nitrogens with one attached hydrogen (secondary N) is 1. The second-order valence-electron chi connectivity index (χ2n) is 4.79. The number of nitrogens with zero attached hydrogens (tertiary/aromatic N) is 2. The lowest BCUT2D eigenvalue weighted by Gasteiger charge is -2.24. The number of alkyl halides is 1. The maximum atomic E-state index is 11.4. The van der Waals surface area contributed by atoms with Crippen molar-refractivity contribution in [3.05, 3.63) is 24.4 Å². The lowest BCUT2D eigenvalue weighted by Crippen LogP contribution is -2.41. The lowest BCUT2D eigenvalue weighted by atomic mass is 10.1. The molecule has 134 valence electrons. The number of carboxylic acids is 2. The first-order valence-electron chi connectivity index (χ1n) is 7.01. The van der Waals surface area contributed by atoms with Crippen molar-refractivity contribution < 1.29 is 29.4 Å². The third-order valence-electron chi connectivity index (χ3n) is 3.13. The Morgan fingerprint density at radius 1 is 1.36 bits per heavy atom. The van der Waals surface area contributed by atoms with Gasteiger partial charge >= 0.3 is 11.9 Å². The Bertz CT molecular complexity index is 694. The zero-order valence-corrected chi connectivity index (χ0v) is 13.8. The minimum absolute atomic E-state index is 0.0217. The van der Waals surface area contributed by atoms with Crippen molar-refractivity contribution in [2.75, 3.05) is 16.1 Å². The van der Waals surface area contributed by atoms with Crippen molar-refractivity contribution in [1.82, 2.24) is 4.98 Å². The maximum Gasteiger partial charge on any atom is 0.326 e. The van der Waals surface area contributed by atoms with E-state index in [-0.39, 0.29) is 35.9 Å². The average Bonchev–Trinajstić information content (AvgIpc) is 2.58. The van der Waals surface area contributed by atoms with E-state index >= 15 is 0 Å². The molecule has 9 nitrogen and oxygen atoms in total. The Kier molecular flexibility index (Phi) is 7.54. The van der Waals surface area contributed by atoms with Gasteiger partial charge in [-0.2, -0.15) is 0 Å². The molecule has 25 heavy (non-hydrogen) atoms. The highest BCUT2D eigenvalue weighted by atomic mass is 35.5. The number of carbonyl (C=O) groups is 4. The van der Waals surface area contributed by atoms with E-state index < -0.39 is 30.3 Å². The van der Waals surface area contributed by atoms with Gasteiger partial charge in [0.25, 0.3) is 0 Å². The molecule has 0 unspecified atom stereocenters. The molecule has 10 heteroatoms. The second kappa shape index (κ2) is 9.38. The number of anilines is 2. The number of aromatic nitrogens is 1. The first-order chi connectivity index (χ1) is 11.8. The molecule has 0 aliphatic rings. The fraction of sp³-hybridized carbons (Fsp3) is 0.267.